The zero-order valence-corrected chi connectivity index (χ0v) is 14.4. The molecule has 144 valence electrons. The molecule has 6 nitrogen and oxygen atoms in total. The standard InChI is InChI=1S/C17H21F3N2O4/c1-10(2)9-13(14(23)7-8-15(24)25)22-16(26)21-12-5-3-11(4-6-12)17(18,19)20/h3-6,10,13H,7-9H2,1-2H3,(H,24,25)(H2,21,22,26)/t13-/m0/s1. The topological polar surface area (TPSA) is 95.5 Å². The number of carboxylic acid groups (broad SMARTS) is 1. The third kappa shape index (κ3) is 7.54. The summed E-state index contributed by atoms with van der Waals surface area (Å²) in [4.78, 5) is 34.7. The summed E-state index contributed by atoms with van der Waals surface area (Å²) in [7, 11) is 0. The molecular formula is C17H21F3N2O4. The number of carboxylic acids is 1. The number of aliphatic carboxylic acids is 1. The Kier molecular flexibility index (Phi) is 7.60. The van der Waals surface area contributed by atoms with Crippen LogP contribution in [0.5, 0.6) is 0 Å². The van der Waals surface area contributed by atoms with Gasteiger partial charge in [-0.3, -0.25) is 9.59 Å². The van der Waals surface area contributed by atoms with E-state index in [0.29, 0.717) is 6.42 Å². The third-order valence-electron chi connectivity index (χ3n) is 3.46. The van der Waals surface area contributed by atoms with Crippen LogP contribution >= 0.6 is 0 Å². The zero-order valence-electron chi connectivity index (χ0n) is 14.4. The number of Topliss-reactive ketones (excluding diaryl/α,β-unsaturated/α-hetero) is 1. The molecule has 9 heteroatoms. The number of carbonyl (C=O) groups is 3. The van der Waals surface area contributed by atoms with E-state index < -0.39 is 35.6 Å². The van der Waals surface area contributed by atoms with Crippen LogP contribution in [0, 0.1) is 5.92 Å². The van der Waals surface area contributed by atoms with Crippen molar-refractivity contribution in [2.24, 2.45) is 5.92 Å². The van der Waals surface area contributed by atoms with Gasteiger partial charge >= 0.3 is 18.2 Å². The van der Waals surface area contributed by atoms with Gasteiger partial charge in [0.15, 0.2) is 5.78 Å². The van der Waals surface area contributed by atoms with Crippen molar-refractivity contribution in [3.63, 3.8) is 0 Å². The van der Waals surface area contributed by atoms with Crippen molar-refractivity contribution in [2.75, 3.05) is 5.32 Å². The number of alkyl halides is 3. The molecule has 0 bridgehead atoms. The highest BCUT2D eigenvalue weighted by atomic mass is 19.4. The van der Waals surface area contributed by atoms with Crippen LogP contribution in [0.25, 0.3) is 0 Å². The lowest BCUT2D eigenvalue weighted by Crippen LogP contribution is -2.43. The lowest BCUT2D eigenvalue weighted by atomic mass is 9.98. The average Bonchev–Trinajstić information content (AvgIpc) is 2.51. The Hall–Kier alpha value is -2.58. The summed E-state index contributed by atoms with van der Waals surface area (Å²) in [5.74, 6) is -1.46. The van der Waals surface area contributed by atoms with E-state index in [1.54, 1.807) is 0 Å². The number of anilines is 1. The van der Waals surface area contributed by atoms with E-state index in [1.807, 2.05) is 13.8 Å². The third-order valence-corrected chi connectivity index (χ3v) is 3.46. The van der Waals surface area contributed by atoms with Crippen LogP contribution in [0.3, 0.4) is 0 Å². The van der Waals surface area contributed by atoms with Crippen molar-refractivity contribution in [3.05, 3.63) is 29.8 Å². The molecule has 0 spiro atoms. The van der Waals surface area contributed by atoms with Gasteiger partial charge in [-0.1, -0.05) is 13.8 Å². The predicted molar refractivity (Wildman–Crippen MR) is 88.7 cm³/mol. The van der Waals surface area contributed by atoms with Gasteiger partial charge in [-0.25, -0.2) is 4.79 Å². The molecule has 0 saturated heterocycles. The zero-order chi connectivity index (χ0) is 19.9. The smallest absolute Gasteiger partial charge is 0.416 e. The Bertz CT molecular complexity index is 642. The summed E-state index contributed by atoms with van der Waals surface area (Å²) in [6.07, 6.45) is -4.71. The fraction of sp³-hybridized carbons (Fsp3) is 0.471. The van der Waals surface area contributed by atoms with Crippen LogP contribution in [-0.4, -0.2) is 28.9 Å². The number of hydrogen-bond donors (Lipinski definition) is 3. The Morgan fingerprint density at radius 2 is 1.65 bits per heavy atom. The molecular weight excluding hydrogens is 353 g/mol. The van der Waals surface area contributed by atoms with E-state index in [-0.39, 0.29) is 24.4 Å². The Morgan fingerprint density at radius 3 is 2.12 bits per heavy atom. The molecule has 0 aliphatic carbocycles. The summed E-state index contributed by atoms with van der Waals surface area (Å²) in [5, 5.41) is 13.5. The van der Waals surface area contributed by atoms with E-state index in [9.17, 15) is 27.6 Å². The highest BCUT2D eigenvalue weighted by Crippen LogP contribution is 2.29. The van der Waals surface area contributed by atoms with Gasteiger partial charge in [-0.2, -0.15) is 13.2 Å². The van der Waals surface area contributed by atoms with Gasteiger partial charge < -0.3 is 15.7 Å². The first kappa shape index (κ1) is 21.5. The van der Waals surface area contributed by atoms with Crippen LogP contribution in [0.1, 0.15) is 38.7 Å². The fourth-order valence-electron chi connectivity index (χ4n) is 2.21. The van der Waals surface area contributed by atoms with Crippen LogP contribution in [0.2, 0.25) is 0 Å². The van der Waals surface area contributed by atoms with E-state index >= 15 is 0 Å². The summed E-state index contributed by atoms with van der Waals surface area (Å²) >= 11 is 0. The average molecular weight is 374 g/mol. The van der Waals surface area contributed by atoms with Gasteiger partial charge in [0.05, 0.1) is 18.0 Å². The van der Waals surface area contributed by atoms with Crippen molar-refractivity contribution in [3.8, 4) is 0 Å². The number of amides is 2. The van der Waals surface area contributed by atoms with Crippen LogP contribution in [0.15, 0.2) is 24.3 Å². The number of halogens is 3. The molecule has 0 unspecified atom stereocenters. The molecule has 1 atom stereocenters. The maximum Gasteiger partial charge on any atom is 0.416 e. The van der Waals surface area contributed by atoms with Gasteiger partial charge in [0.1, 0.15) is 0 Å². The Morgan fingerprint density at radius 1 is 1.08 bits per heavy atom. The monoisotopic (exact) mass is 374 g/mol. The SMILES string of the molecule is CC(C)C[C@H](NC(=O)Nc1ccc(C(F)(F)F)cc1)C(=O)CCC(=O)O. The minimum Gasteiger partial charge on any atom is -0.481 e. The van der Waals surface area contributed by atoms with E-state index in [2.05, 4.69) is 10.6 Å². The molecule has 0 heterocycles. The number of rotatable bonds is 8. The number of carbonyl (C=O) groups excluding carboxylic acids is 2. The normalized spacial score (nSPS) is 12.5. The van der Waals surface area contributed by atoms with Crippen molar-refractivity contribution >= 4 is 23.5 Å². The molecule has 1 aromatic carbocycles. The maximum absolute atomic E-state index is 12.5. The van der Waals surface area contributed by atoms with Gasteiger partial charge in [0.2, 0.25) is 0 Å². The lowest BCUT2D eigenvalue weighted by Gasteiger charge is -2.20. The van der Waals surface area contributed by atoms with Crippen LogP contribution < -0.4 is 10.6 Å². The lowest BCUT2D eigenvalue weighted by molar-refractivity contribution is -0.139. The fourth-order valence-corrected chi connectivity index (χ4v) is 2.21. The summed E-state index contributed by atoms with van der Waals surface area (Å²) in [6.45, 7) is 3.68. The minimum absolute atomic E-state index is 0.0696. The molecule has 1 aromatic rings. The van der Waals surface area contributed by atoms with Gasteiger partial charge in [0.25, 0.3) is 0 Å². The van der Waals surface area contributed by atoms with Gasteiger partial charge in [-0.05, 0) is 36.6 Å². The molecule has 0 aliphatic rings. The van der Waals surface area contributed by atoms with Crippen molar-refractivity contribution in [1.29, 1.82) is 0 Å². The summed E-state index contributed by atoms with van der Waals surface area (Å²) in [5.41, 5.74) is -0.707. The number of urea groups is 1. The molecule has 0 fully saturated rings. The molecule has 1 rings (SSSR count). The second-order valence-corrected chi connectivity index (χ2v) is 6.22. The molecule has 26 heavy (non-hydrogen) atoms. The minimum atomic E-state index is -4.47. The first-order valence-electron chi connectivity index (χ1n) is 7.98. The van der Waals surface area contributed by atoms with E-state index in [4.69, 9.17) is 5.11 Å². The Labute approximate surface area is 148 Å². The number of hydrogen-bond acceptors (Lipinski definition) is 3. The quantitative estimate of drug-likeness (QED) is 0.647. The number of benzene rings is 1. The largest absolute Gasteiger partial charge is 0.481 e. The van der Waals surface area contributed by atoms with Gasteiger partial charge in [-0.15, -0.1) is 0 Å². The number of nitrogens with one attached hydrogen (secondary N) is 2. The molecule has 2 amide bonds. The summed E-state index contributed by atoms with van der Waals surface area (Å²) in [6, 6.07) is 2.25. The van der Waals surface area contributed by atoms with Crippen LogP contribution in [-0.2, 0) is 15.8 Å². The van der Waals surface area contributed by atoms with Crippen molar-refractivity contribution < 1.29 is 32.7 Å². The van der Waals surface area contributed by atoms with Crippen molar-refractivity contribution in [2.45, 2.75) is 45.3 Å². The maximum atomic E-state index is 12.5. The van der Waals surface area contributed by atoms with E-state index in [1.165, 1.54) is 0 Å². The Balaban J connectivity index is 2.70. The second kappa shape index (κ2) is 9.21. The predicted octanol–water partition coefficient (Wildman–Crippen LogP) is 3.68. The summed E-state index contributed by atoms with van der Waals surface area (Å²) < 4.78 is 37.5. The molecule has 0 radical (unpaired) electrons. The second-order valence-electron chi connectivity index (χ2n) is 6.22. The van der Waals surface area contributed by atoms with E-state index in [0.717, 1.165) is 24.3 Å². The first-order chi connectivity index (χ1) is 12.0. The van der Waals surface area contributed by atoms with Crippen LogP contribution in [0.4, 0.5) is 23.7 Å². The molecule has 3 N–H and O–H groups in total. The highest BCUT2D eigenvalue weighted by Gasteiger charge is 2.30. The van der Waals surface area contributed by atoms with Crippen molar-refractivity contribution in [1.82, 2.24) is 5.32 Å². The first-order valence-corrected chi connectivity index (χ1v) is 7.98. The molecule has 0 aromatic heterocycles. The molecule has 0 aliphatic heterocycles. The number of ketones is 1. The van der Waals surface area contributed by atoms with Gasteiger partial charge in [0, 0.05) is 12.1 Å². The molecule has 0 saturated carbocycles. The highest BCUT2D eigenvalue weighted by molar-refractivity contribution is 5.95.